The van der Waals surface area contributed by atoms with E-state index in [-0.39, 0.29) is 42.9 Å². The van der Waals surface area contributed by atoms with Crippen LogP contribution in [0.2, 0.25) is 0 Å². The molecule has 0 saturated carbocycles. The van der Waals surface area contributed by atoms with Gasteiger partial charge in [0.25, 0.3) is 5.91 Å². The first-order valence-electron chi connectivity index (χ1n) is 11.4. The van der Waals surface area contributed by atoms with Crippen LogP contribution in [0, 0.1) is 11.6 Å². The lowest BCUT2D eigenvalue weighted by Crippen LogP contribution is -2.52. The Bertz CT molecular complexity index is 1450. The number of benzene rings is 2. The summed E-state index contributed by atoms with van der Waals surface area (Å²) < 4.78 is 33.8. The van der Waals surface area contributed by atoms with Gasteiger partial charge in [0.15, 0.2) is 17.2 Å². The SMILES string of the molecule is CN1CN(Cc2ccc3c(c2)CCO3)C(=O)c2c(O)c(=O)c(C(=O)CCc3ccc(F)cc3F)cn21. The molecule has 0 fully saturated rings. The summed E-state index contributed by atoms with van der Waals surface area (Å²) in [7, 11) is 1.66. The molecule has 0 unspecified atom stereocenters. The Kier molecular flexibility index (Phi) is 5.95. The minimum absolute atomic E-state index is 0.0543. The van der Waals surface area contributed by atoms with Gasteiger partial charge in [-0.3, -0.25) is 24.1 Å². The predicted molar refractivity (Wildman–Crippen MR) is 126 cm³/mol. The molecular weight excluding hydrogens is 472 g/mol. The zero-order valence-corrected chi connectivity index (χ0v) is 19.5. The van der Waals surface area contributed by atoms with Crippen LogP contribution in [0.15, 0.2) is 47.4 Å². The van der Waals surface area contributed by atoms with Crippen molar-refractivity contribution in [3.8, 4) is 11.5 Å². The van der Waals surface area contributed by atoms with Crippen LogP contribution in [-0.4, -0.2) is 46.7 Å². The lowest BCUT2D eigenvalue weighted by Gasteiger charge is -2.37. The van der Waals surface area contributed by atoms with Crippen LogP contribution in [0.4, 0.5) is 8.78 Å². The average molecular weight is 495 g/mol. The summed E-state index contributed by atoms with van der Waals surface area (Å²) in [6.45, 7) is 1.03. The third-order valence-corrected chi connectivity index (χ3v) is 6.46. The molecule has 2 aliphatic rings. The minimum atomic E-state index is -0.968. The standard InChI is InChI=1S/C26H23F2N3O5/c1-29-14-30(12-15-2-7-22-17(10-15)8-9-36-22)26(35)23-25(34)24(33)19(13-31(23)29)21(32)6-4-16-3-5-18(27)11-20(16)28/h2-3,5,7,10-11,13,34H,4,6,8-9,12,14H2,1H3. The maximum absolute atomic E-state index is 13.9. The fourth-order valence-electron chi connectivity index (χ4n) is 4.57. The Hall–Kier alpha value is -4.21. The molecule has 3 heterocycles. The Labute approximate surface area is 204 Å². The van der Waals surface area contributed by atoms with Crippen molar-refractivity contribution in [2.75, 3.05) is 25.3 Å². The van der Waals surface area contributed by atoms with Gasteiger partial charge in [0.1, 0.15) is 24.1 Å². The molecule has 0 spiro atoms. The number of aryl methyl sites for hydroxylation is 1. The summed E-state index contributed by atoms with van der Waals surface area (Å²) in [5.41, 5.74) is 0.562. The Balaban J connectivity index is 1.38. The second-order valence-electron chi connectivity index (χ2n) is 8.92. The zero-order chi connectivity index (χ0) is 25.6. The van der Waals surface area contributed by atoms with E-state index in [2.05, 4.69) is 0 Å². The van der Waals surface area contributed by atoms with Crippen LogP contribution in [0.25, 0.3) is 0 Å². The van der Waals surface area contributed by atoms with E-state index in [9.17, 15) is 28.3 Å². The molecule has 1 N–H and O–H groups in total. The number of nitrogens with zero attached hydrogens (tertiary/aromatic N) is 3. The molecule has 3 aromatic rings. The summed E-state index contributed by atoms with van der Waals surface area (Å²) in [6.07, 6.45) is 1.73. The van der Waals surface area contributed by atoms with E-state index in [1.165, 1.54) is 21.8 Å². The largest absolute Gasteiger partial charge is 0.502 e. The van der Waals surface area contributed by atoms with Gasteiger partial charge in [-0.15, -0.1) is 0 Å². The van der Waals surface area contributed by atoms with Gasteiger partial charge < -0.3 is 14.7 Å². The van der Waals surface area contributed by atoms with E-state index in [1.807, 2.05) is 18.2 Å². The normalized spacial score (nSPS) is 14.5. The van der Waals surface area contributed by atoms with Crippen molar-refractivity contribution in [2.45, 2.75) is 25.8 Å². The number of aromatic hydroxyl groups is 1. The molecule has 1 amide bonds. The van der Waals surface area contributed by atoms with Gasteiger partial charge in [0.2, 0.25) is 5.43 Å². The summed E-state index contributed by atoms with van der Waals surface area (Å²) >= 11 is 0. The lowest BCUT2D eigenvalue weighted by atomic mass is 10.0. The number of ether oxygens (including phenoxy) is 1. The molecule has 0 radical (unpaired) electrons. The van der Waals surface area contributed by atoms with Crippen molar-refractivity contribution in [3.63, 3.8) is 0 Å². The van der Waals surface area contributed by atoms with Gasteiger partial charge >= 0.3 is 0 Å². The van der Waals surface area contributed by atoms with E-state index >= 15 is 0 Å². The number of Topliss-reactive ketones (excluding diaryl/α,β-unsaturated/α-hetero) is 1. The van der Waals surface area contributed by atoms with Gasteiger partial charge in [-0.25, -0.2) is 8.78 Å². The zero-order valence-electron chi connectivity index (χ0n) is 19.5. The monoisotopic (exact) mass is 495 g/mol. The molecule has 5 rings (SSSR count). The molecule has 0 bridgehead atoms. The molecule has 10 heteroatoms. The van der Waals surface area contributed by atoms with Crippen molar-refractivity contribution in [1.82, 2.24) is 9.58 Å². The lowest BCUT2D eigenvalue weighted by molar-refractivity contribution is 0.0678. The maximum atomic E-state index is 13.9. The molecule has 0 aliphatic carbocycles. The van der Waals surface area contributed by atoms with Crippen LogP contribution in [0.5, 0.6) is 11.5 Å². The first-order chi connectivity index (χ1) is 17.2. The van der Waals surface area contributed by atoms with E-state index in [0.29, 0.717) is 6.61 Å². The van der Waals surface area contributed by atoms with Crippen molar-refractivity contribution in [3.05, 3.63) is 92.4 Å². The van der Waals surface area contributed by atoms with Crippen LogP contribution in [0.3, 0.4) is 0 Å². The molecule has 1 aromatic heterocycles. The highest BCUT2D eigenvalue weighted by molar-refractivity contribution is 6.00. The van der Waals surface area contributed by atoms with E-state index in [4.69, 9.17) is 4.74 Å². The van der Waals surface area contributed by atoms with Crippen LogP contribution in [0.1, 0.15) is 44.0 Å². The minimum Gasteiger partial charge on any atom is -0.502 e. The van der Waals surface area contributed by atoms with Gasteiger partial charge in [-0.2, -0.15) is 0 Å². The van der Waals surface area contributed by atoms with Crippen LogP contribution < -0.4 is 15.2 Å². The number of halogens is 2. The quantitative estimate of drug-likeness (QED) is 0.529. The summed E-state index contributed by atoms with van der Waals surface area (Å²) in [4.78, 5) is 40.4. The van der Waals surface area contributed by atoms with Gasteiger partial charge in [0, 0.05) is 38.7 Å². The first kappa shape index (κ1) is 23.5. The molecule has 36 heavy (non-hydrogen) atoms. The van der Waals surface area contributed by atoms with E-state index < -0.39 is 34.5 Å². The third kappa shape index (κ3) is 4.19. The fourth-order valence-corrected chi connectivity index (χ4v) is 4.57. The fraction of sp³-hybridized carbons (Fsp3) is 0.269. The molecule has 2 aliphatic heterocycles. The highest BCUT2D eigenvalue weighted by Gasteiger charge is 2.33. The van der Waals surface area contributed by atoms with Crippen LogP contribution >= 0.6 is 0 Å². The Morgan fingerprint density at radius 3 is 2.72 bits per heavy atom. The summed E-state index contributed by atoms with van der Waals surface area (Å²) in [5.74, 6) is -2.68. The van der Waals surface area contributed by atoms with Gasteiger partial charge in [-0.1, -0.05) is 18.2 Å². The van der Waals surface area contributed by atoms with Crippen LogP contribution in [-0.2, 0) is 19.4 Å². The number of pyridine rings is 1. The Morgan fingerprint density at radius 1 is 1.14 bits per heavy atom. The third-order valence-electron chi connectivity index (χ3n) is 6.46. The number of hydrogen-bond donors (Lipinski definition) is 1. The summed E-state index contributed by atoms with van der Waals surface area (Å²) in [5, 5.41) is 12.3. The smallest absolute Gasteiger partial charge is 0.278 e. The number of fused-ring (bicyclic) bond motifs is 2. The van der Waals surface area contributed by atoms with Gasteiger partial charge in [-0.05, 0) is 35.2 Å². The van der Waals surface area contributed by atoms with Crippen molar-refractivity contribution in [1.29, 1.82) is 0 Å². The second-order valence-corrected chi connectivity index (χ2v) is 8.92. The molecule has 2 aromatic carbocycles. The van der Waals surface area contributed by atoms with E-state index in [0.717, 1.165) is 35.4 Å². The number of hydrogen-bond acceptors (Lipinski definition) is 6. The number of ketones is 1. The second kappa shape index (κ2) is 9.10. The van der Waals surface area contributed by atoms with Crippen molar-refractivity contribution < 1.29 is 28.2 Å². The molecule has 186 valence electrons. The van der Waals surface area contributed by atoms with Gasteiger partial charge in [0.05, 0.1) is 12.2 Å². The Morgan fingerprint density at radius 2 is 1.94 bits per heavy atom. The van der Waals surface area contributed by atoms with Crippen molar-refractivity contribution in [2.24, 2.45) is 0 Å². The molecule has 8 nitrogen and oxygen atoms in total. The molecule has 0 atom stereocenters. The number of carbonyl (C=O) groups is 2. The highest BCUT2D eigenvalue weighted by Crippen LogP contribution is 2.28. The number of carbonyl (C=O) groups excluding carboxylic acids is 2. The predicted octanol–water partition coefficient (Wildman–Crippen LogP) is 2.76. The van der Waals surface area contributed by atoms with E-state index in [1.54, 1.807) is 12.1 Å². The average Bonchev–Trinajstić information content (AvgIpc) is 3.31. The number of rotatable bonds is 6. The number of amides is 1. The first-order valence-corrected chi connectivity index (χ1v) is 11.4. The highest BCUT2D eigenvalue weighted by atomic mass is 19.1. The summed E-state index contributed by atoms with van der Waals surface area (Å²) in [6, 6.07) is 8.76. The maximum Gasteiger partial charge on any atom is 0.278 e. The van der Waals surface area contributed by atoms with Crippen molar-refractivity contribution >= 4 is 11.7 Å². The molecule has 0 saturated heterocycles. The molecular formula is C26H23F2N3O5. The number of aromatic nitrogens is 1. The topological polar surface area (TPSA) is 92.1 Å².